The number of aliphatic hydroxyl groups is 3. The molecule has 0 saturated carbocycles. The highest BCUT2D eigenvalue weighted by Crippen LogP contribution is 2.52. The molecule has 13 heteroatoms. The third-order valence-corrected chi connectivity index (χ3v) is 8.14. The van der Waals surface area contributed by atoms with Crippen LogP contribution in [0.1, 0.15) is 41.8 Å². The largest absolute Gasteiger partial charge is 0.510 e. The number of carbonyl (C=O) groups is 3. The van der Waals surface area contributed by atoms with Crippen molar-refractivity contribution in [2.45, 2.75) is 51.3 Å². The third-order valence-electron chi connectivity index (χ3n) is 8.14. The molecule has 41 heavy (non-hydrogen) atoms. The highest BCUT2D eigenvalue weighted by molar-refractivity contribution is 6.24. The summed E-state index contributed by atoms with van der Waals surface area (Å²) >= 11 is 0. The Morgan fingerprint density at radius 2 is 1.80 bits per heavy atom. The Morgan fingerprint density at radius 1 is 1.17 bits per heavy atom. The van der Waals surface area contributed by atoms with Gasteiger partial charge in [0, 0.05) is 35.7 Å². The van der Waals surface area contributed by atoms with Gasteiger partial charge in [-0.1, -0.05) is 13.8 Å². The minimum absolute atomic E-state index is 0.00957. The van der Waals surface area contributed by atoms with Crippen LogP contribution in [0, 0.1) is 23.6 Å². The number of carbonyl (C=O) groups excluding carboxylic acids is 3. The first kappa shape index (κ1) is 30.5. The molecule has 0 saturated heterocycles. The Labute approximate surface area is 234 Å². The molecule has 3 aliphatic carbocycles. The molecule has 0 heterocycles. The molecule has 0 unspecified atom stereocenters. The summed E-state index contributed by atoms with van der Waals surface area (Å²) in [5, 5.41) is 44.5. The van der Waals surface area contributed by atoms with E-state index in [2.05, 4.69) is 0 Å². The van der Waals surface area contributed by atoms with Crippen LogP contribution in [0.2, 0.25) is 0 Å². The number of likely N-dealkylation sites (N-methyl/N-ethyl adjacent to an activating group) is 1. The van der Waals surface area contributed by atoms with Crippen molar-refractivity contribution >= 4 is 17.5 Å². The summed E-state index contributed by atoms with van der Waals surface area (Å²) in [6, 6.07) is -0.202. The average molecular weight is 582 g/mol. The third kappa shape index (κ3) is 4.89. The van der Waals surface area contributed by atoms with Crippen molar-refractivity contribution in [3.8, 4) is 5.75 Å². The Morgan fingerprint density at radius 3 is 2.34 bits per heavy atom. The van der Waals surface area contributed by atoms with E-state index in [1.807, 2.05) is 13.8 Å². The number of primary amides is 1. The first-order valence-electron chi connectivity index (χ1n) is 13.2. The number of halogens is 3. The number of alkyl halides is 2. The van der Waals surface area contributed by atoms with Gasteiger partial charge < -0.3 is 26.2 Å². The summed E-state index contributed by atoms with van der Waals surface area (Å²) in [5.41, 5.74) is 0.421. The lowest BCUT2D eigenvalue weighted by molar-refractivity contribution is -0.148. The zero-order valence-electron chi connectivity index (χ0n) is 23.1. The Kier molecular flexibility index (Phi) is 8.02. The van der Waals surface area contributed by atoms with Gasteiger partial charge in [0.1, 0.15) is 28.7 Å². The molecule has 1 aromatic rings. The molecule has 10 nitrogen and oxygen atoms in total. The van der Waals surface area contributed by atoms with Gasteiger partial charge in [-0.05, 0) is 44.8 Å². The van der Waals surface area contributed by atoms with E-state index in [1.54, 1.807) is 0 Å². The van der Waals surface area contributed by atoms with E-state index in [9.17, 15) is 43.6 Å². The maximum atomic E-state index is 15.9. The van der Waals surface area contributed by atoms with Gasteiger partial charge >= 0.3 is 0 Å². The first-order chi connectivity index (χ1) is 19.0. The summed E-state index contributed by atoms with van der Waals surface area (Å²) in [7, 11) is 3.00. The molecule has 1 amide bonds. The van der Waals surface area contributed by atoms with E-state index in [0.29, 0.717) is 0 Å². The van der Waals surface area contributed by atoms with E-state index in [-0.39, 0.29) is 43.0 Å². The summed E-state index contributed by atoms with van der Waals surface area (Å²) in [6.45, 7) is 2.99. The van der Waals surface area contributed by atoms with Crippen LogP contribution in [-0.2, 0) is 22.6 Å². The lowest BCUT2D eigenvalue weighted by Gasteiger charge is -2.50. The van der Waals surface area contributed by atoms with Gasteiger partial charge in [-0.25, -0.2) is 13.2 Å². The van der Waals surface area contributed by atoms with Crippen molar-refractivity contribution in [2.75, 3.05) is 27.2 Å². The molecule has 6 N–H and O–H groups in total. The van der Waals surface area contributed by atoms with E-state index in [4.69, 9.17) is 5.73 Å². The number of nitrogens with zero attached hydrogens (tertiary/aromatic N) is 2. The van der Waals surface area contributed by atoms with Crippen LogP contribution in [0.4, 0.5) is 13.2 Å². The molecule has 0 bridgehead atoms. The minimum atomic E-state index is -2.80. The van der Waals surface area contributed by atoms with Crippen LogP contribution >= 0.6 is 0 Å². The van der Waals surface area contributed by atoms with Gasteiger partial charge in [-0.3, -0.25) is 24.2 Å². The van der Waals surface area contributed by atoms with Crippen LogP contribution in [-0.4, -0.2) is 93.0 Å². The molecule has 0 radical (unpaired) electrons. The van der Waals surface area contributed by atoms with E-state index < -0.39 is 93.7 Å². The highest BCUT2D eigenvalue weighted by Gasteiger charge is 2.63. The fourth-order valence-corrected chi connectivity index (χ4v) is 6.62. The maximum absolute atomic E-state index is 15.9. The van der Waals surface area contributed by atoms with Crippen molar-refractivity contribution in [1.29, 1.82) is 0 Å². The minimum Gasteiger partial charge on any atom is -0.510 e. The SMILES string of the molecule is CC(C)CN(Cc1cc(O)c2c(c1F)C[C@H]1C[C@H]3[C@H](N(C)C)C(O)=C(C(N)=O)C(=O)[C@@]3(O)C(O)=C1C2=O)CC(F)F. The second-order valence-electron chi connectivity index (χ2n) is 11.7. The number of Topliss-reactive ketones (excluding diaryl/α,β-unsaturated/α-hetero) is 2. The Hall–Kier alpha value is -3.42. The Bertz CT molecular complexity index is 1360. The number of phenolic OH excluding ortho intramolecular Hbond substituents is 1. The van der Waals surface area contributed by atoms with Crippen LogP contribution in [0.15, 0.2) is 28.7 Å². The van der Waals surface area contributed by atoms with Gasteiger partial charge in [0.25, 0.3) is 12.3 Å². The number of rotatable bonds is 8. The predicted molar refractivity (Wildman–Crippen MR) is 140 cm³/mol. The van der Waals surface area contributed by atoms with E-state index in [1.165, 1.54) is 23.9 Å². The summed E-state index contributed by atoms with van der Waals surface area (Å²) in [4.78, 5) is 41.8. The number of hydrogen-bond donors (Lipinski definition) is 5. The second kappa shape index (κ2) is 10.8. The standard InChI is InChI=1S/C28H34F3N3O7/c1-11(2)8-34(10-17(29)30)9-13-7-16(35)19-14(21(13)31)5-12-6-15-22(33(3)4)24(37)20(27(32)40)26(39)28(15,41)25(38)18(12)23(19)36/h7,11-12,15,17,22,35,37-38,41H,5-6,8-10H2,1-4H3,(H2,32,40)/t12-,15-,22-,28-/m0/s1. The van der Waals surface area contributed by atoms with Gasteiger partial charge in [-0.15, -0.1) is 0 Å². The molecule has 224 valence electrons. The number of nitrogens with two attached hydrogens (primary N) is 1. The van der Waals surface area contributed by atoms with Crippen molar-refractivity contribution in [3.05, 3.63) is 51.2 Å². The molecule has 0 spiro atoms. The van der Waals surface area contributed by atoms with E-state index in [0.717, 1.165) is 6.07 Å². The summed E-state index contributed by atoms with van der Waals surface area (Å²) in [6.07, 6.45) is -3.10. The quantitative estimate of drug-likeness (QED) is 0.289. The number of aliphatic hydroxyl groups excluding tert-OH is 2. The first-order valence-corrected chi connectivity index (χ1v) is 13.2. The van der Waals surface area contributed by atoms with Gasteiger partial charge in [-0.2, -0.15) is 0 Å². The molecule has 1 aromatic carbocycles. The van der Waals surface area contributed by atoms with Crippen molar-refractivity contribution < 1.29 is 48.0 Å². The highest BCUT2D eigenvalue weighted by atomic mass is 19.3. The topological polar surface area (TPSA) is 165 Å². The van der Waals surface area contributed by atoms with Gasteiger partial charge in [0.2, 0.25) is 5.78 Å². The fourth-order valence-electron chi connectivity index (χ4n) is 6.62. The fraction of sp³-hybridized carbons (Fsp3) is 0.536. The monoisotopic (exact) mass is 581 g/mol. The lowest BCUT2D eigenvalue weighted by atomic mass is 9.58. The number of fused-ring (bicyclic) bond motifs is 3. The van der Waals surface area contributed by atoms with Crippen molar-refractivity contribution in [2.24, 2.45) is 23.5 Å². The molecular weight excluding hydrogens is 547 g/mol. The summed E-state index contributed by atoms with van der Waals surface area (Å²) in [5.74, 6) is -9.21. The molecular formula is C28H34F3N3O7. The number of phenols is 1. The number of aromatic hydroxyl groups is 1. The number of amides is 1. The predicted octanol–water partition coefficient (Wildman–Crippen LogP) is 1.98. The molecule has 3 aliphatic rings. The van der Waals surface area contributed by atoms with Crippen LogP contribution < -0.4 is 5.73 Å². The van der Waals surface area contributed by atoms with E-state index >= 15 is 4.39 Å². The molecule has 0 fully saturated rings. The molecule has 0 aliphatic heterocycles. The number of benzene rings is 1. The zero-order valence-corrected chi connectivity index (χ0v) is 23.1. The molecule has 4 rings (SSSR count). The Balaban J connectivity index is 1.84. The van der Waals surface area contributed by atoms with Gasteiger partial charge in [0.05, 0.1) is 18.2 Å². The van der Waals surface area contributed by atoms with Crippen molar-refractivity contribution in [3.63, 3.8) is 0 Å². The number of hydrogen-bond acceptors (Lipinski definition) is 9. The smallest absolute Gasteiger partial charge is 0.255 e. The average Bonchev–Trinajstić information content (AvgIpc) is 2.83. The van der Waals surface area contributed by atoms with Gasteiger partial charge in [0.15, 0.2) is 11.4 Å². The zero-order chi connectivity index (χ0) is 30.7. The molecule has 0 aromatic heterocycles. The summed E-state index contributed by atoms with van der Waals surface area (Å²) < 4.78 is 42.3. The maximum Gasteiger partial charge on any atom is 0.255 e. The normalized spacial score (nSPS) is 26.3. The molecule has 4 atom stereocenters. The van der Waals surface area contributed by atoms with Crippen LogP contribution in [0.3, 0.4) is 0 Å². The number of allylic oxidation sites excluding steroid dienone is 1. The van der Waals surface area contributed by atoms with Crippen molar-refractivity contribution in [1.82, 2.24) is 9.80 Å². The second-order valence-corrected chi connectivity index (χ2v) is 11.7. The van der Waals surface area contributed by atoms with Crippen LogP contribution in [0.25, 0.3) is 0 Å². The van der Waals surface area contributed by atoms with Crippen LogP contribution in [0.5, 0.6) is 5.75 Å². The number of ketones is 2. The lowest BCUT2D eigenvalue weighted by Crippen LogP contribution is -2.63.